The number of imide groups is 1. The highest BCUT2D eigenvalue weighted by Gasteiger charge is 2.30. The summed E-state index contributed by atoms with van der Waals surface area (Å²) >= 11 is 0. The Labute approximate surface area is 179 Å². The average Bonchev–Trinajstić information content (AvgIpc) is 2.78. The molecule has 1 atom stereocenters. The lowest BCUT2D eigenvalue weighted by Crippen LogP contribution is -2.43. The summed E-state index contributed by atoms with van der Waals surface area (Å²) < 4.78 is 18.1. The third-order valence-corrected chi connectivity index (χ3v) is 4.96. The van der Waals surface area contributed by atoms with Crippen molar-refractivity contribution in [2.75, 3.05) is 19.7 Å². The van der Waals surface area contributed by atoms with Gasteiger partial charge in [-0.3, -0.25) is 24.5 Å². The zero-order chi connectivity index (χ0) is 22.2. The summed E-state index contributed by atoms with van der Waals surface area (Å²) in [5.41, 5.74) is 1.10. The molecule has 1 saturated heterocycles. The predicted octanol–water partition coefficient (Wildman–Crippen LogP) is 2.11. The van der Waals surface area contributed by atoms with Crippen LogP contribution in [0.15, 0.2) is 54.6 Å². The smallest absolute Gasteiger partial charge is 0.311 e. The number of rotatable bonds is 6. The zero-order valence-corrected chi connectivity index (χ0v) is 16.9. The Kier molecular flexibility index (Phi) is 7.48. The lowest BCUT2D eigenvalue weighted by atomic mass is 9.97. The monoisotopic (exact) mass is 426 g/mol. The van der Waals surface area contributed by atoms with Gasteiger partial charge in [0.15, 0.2) is 6.61 Å². The molecule has 0 bridgehead atoms. The average molecular weight is 426 g/mol. The maximum atomic E-state index is 13.1. The molecule has 0 radical (unpaired) electrons. The van der Waals surface area contributed by atoms with E-state index in [4.69, 9.17) is 4.74 Å². The lowest BCUT2D eigenvalue weighted by molar-refractivity contribution is -0.154. The quantitative estimate of drug-likeness (QED) is 0.715. The third-order valence-electron chi connectivity index (χ3n) is 4.96. The molecule has 2 aromatic rings. The van der Waals surface area contributed by atoms with Gasteiger partial charge in [0.25, 0.3) is 11.8 Å². The number of likely N-dealkylation sites (tertiary alicyclic amines) is 1. The van der Waals surface area contributed by atoms with Crippen LogP contribution in [0.2, 0.25) is 0 Å². The number of nitrogens with one attached hydrogen (secondary N) is 1. The highest BCUT2D eigenvalue weighted by Crippen LogP contribution is 2.20. The summed E-state index contributed by atoms with van der Waals surface area (Å²) in [5, 5.41) is 2.19. The van der Waals surface area contributed by atoms with Crippen molar-refractivity contribution in [1.82, 2.24) is 10.2 Å². The third kappa shape index (κ3) is 6.47. The van der Waals surface area contributed by atoms with Crippen LogP contribution < -0.4 is 5.32 Å². The Morgan fingerprint density at radius 1 is 1.00 bits per heavy atom. The summed E-state index contributed by atoms with van der Waals surface area (Å²) in [4.78, 5) is 50.3. The molecule has 8 heteroatoms. The van der Waals surface area contributed by atoms with Crippen molar-refractivity contribution in [2.45, 2.75) is 19.3 Å². The molecule has 1 aliphatic heterocycles. The summed E-state index contributed by atoms with van der Waals surface area (Å²) in [6.07, 6.45) is 1.18. The number of carbonyl (C=O) groups is 4. The maximum absolute atomic E-state index is 13.1. The van der Waals surface area contributed by atoms with Gasteiger partial charge in [-0.15, -0.1) is 0 Å². The van der Waals surface area contributed by atoms with E-state index in [9.17, 15) is 23.6 Å². The fraction of sp³-hybridized carbons (Fsp3) is 0.304. The van der Waals surface area contributed by atoms with Crippen molar-refractivity contribution >= 4 is 23.7 Å². The van der Waals surface area contributed by atoms with E-state index in [1.807, 2.05) is 6.07 Å². The van der Waals surface area contributed by atoms with Gasteiger partial charge in [-0.1, -0.05) is 30.3 Å². The van der Waals surface area contributed by atoms with Crippen LogP contribution in [0.25, 0.3) is 0 Å². The molecule has 0 aliphatic carbocycles. The molecular formula is C23H23FN2O5. The highest BCUT2D eigenvalue weighted by molar-refractivity contribution is 5.97. The van der Waals surface area contributed by atoms with Crippen molar-refractivity contribution in [3.8, 4) is 0 Å². The van der Waals surface area contributed by atoms with Gasteiger partial charge in [-0.05, 0) is 42.7 Å². The van der Waals surface area contributed by atoms with Gasteiger partial charge in [-0.2, -0.15) is 0 Å². The summed E-state index contributed by atoms with van der Waals surface area (Å²) in [6, 6.07) is 14.2. The van der Waals surface area contributed by atoms with E-state index in [-0.39, 0.29) is 18.9 Å². The number of ether oxygens (including phenoxy) is 1. The normalized spacial score (nSPS) is 15.8. The number of carbonyl (C=O) groups excluding carboxylic acids is 4. The van der Waals surface area contributed by atoms with Crippen LogP contribution in [0.5, 0.6) is 0 Å². The van der Waals surface area contributed by atoms with E-state index in [2.05, 4.69) is 5.32 Å². The first-order valence-electron chi connectivity index (χ1n) is 10.0. The van der Waals surface area contributed by atoms with E-state index < -0.39 is 36.1 Å². The Bertz CT molecular complexity index is 946. The van der Waals surface area contributed by atoms with Crippen molar-refractivity contribution in [2.24, 2.45) is 5.92 Å². The van der Waals surface area contributed by atoms with Crippen LogP contribution in [0, 0.1) is 11.7 Å². The molecule has 7 nitrogen and oxygen atoms in total. The molecule has 1 unspecified atom stereocenters. The van der Waals surface area contributed by atoms with Crippen LogP contribution in [0.4, 0.5) is 4.39 Å². The van der Waals surface area contributed by atoms with Gasteiger partial charge in [0, 0.05) is 18.7 Å². The van der Waals surface area contributed by atoms with Crippen LogP contribution in [0.3, 0.4) is 0 Å². The Morgan fingerprint density at radius 2 is 1.71 bits per heavy atom. The van der Waals surface area contributed by atoms with Gasteiger partial charge >= 0.3 is 5.97 Å². The minimum Gasteiger partial charge on any atom is -0.455 e. The van der Waals surface area contributed by atoms with Gasteiger partial charge in [-0.25, -0.2) is 4.39 Å². The van der Waals surface area contributed by atoms with Gasteiger partial charge < -0.3 is 9.64 Å². The number of nitrogens with zero attached hydrogens (tertiary/aromatic N) is 1. The molecule has 0 aromatic heterocycles. The second-order valence-electron chi connectivity index (χ2n) is 7.34. The van der Waals surface area contributed by atoms with E-state index in [0.717, 1.165) is 5.56 Å². The maximum Gasteiger partial charge on any atom is 0.311 e. The fourth-order valence-electron chi connectivity index (χ4n) is 3.40. The van der Waals surface area contributed by atoms with Crippen LogP contribution >= 0.6 is 0 Å². The topological polar surface area (TPSA) is 92.8 Å². The van der Waals surface area contributed by atoms with E-state index >= 15 is 0 Å². The SMILES string of the molecule is O=C(COC(=O)C1CCCN(C(=O)c2ccc(F)cc2)C1)NC(=O)Cc1ccccc1. The second kappa shape index (κ2) is 10.5. The number of hydrogen-bond acceptors (Lipinski definition) is 5. The molecule has 0 saturated carbocycles. The minimum atomic E-state index is -0.704. The summed E-state index contributed by atoms with van der Waals surface area (Å²) in [5.74, 6) is -3.07. The number of piperidine rings is 1. The summed E-state index contributed by atoms with van der Waals surface area (Å²) in [7, 11) is 0. The molecular weight excluding hydrogens is 403 g/mol. The molecule has 0 spiro atoms. The fourth-order valence-corrected chi connectivity index (χ4v) is 3.40. The first-order chi connectivity index (χ1) is 14.9. The molecule has 1 fully saturated rings. The number of esters is 1. The second-order valence-corrected chi connectivity index (χ2v) is 7.34. The van der Waals surface area contributed by atoms with Gasteiger partial charge in [0.2, 0.25) is 5.91 Å². The number of halogens is 1. The number of amides is 3. The first-order valence-corrected chi connectivity index (χ1v) is 10.0. The lowest BCUT2D eigenvalue weighted by Gasteiger charge is -2.31. The molecule has 31 heavy (non-hydrogen) atoms. The molecule has 3 amide bonds. The van der Waals surface area contributed by atoms with Crippen LogP contribution in [0.1, 0.15) is 28.8 Å². The van der Waals surface area contributed by atoms with E-state index in [0.29, 0.717) is 24.9 Å². The number of benzene rings is 2. The van der Waals surface area contributed by atoms with Crippen molar-refractivity contribution < 1.29 is 28.3 Å². The van der Waals surface area contributed by atoms with Crippen LogP contribution in [-0.2, 0) is 25.5 Å². The molecule has 3 rings (SSSR count). The minimum absolute atomic E-state index is 0.0452. The summed E-state index contributed by atoms with van der Waals surface area (Å²) in [6.45, 7) is 0.0693. The largest absolute Gasteiger partial charge is 0.455 e. The molecule has 2 aromatic carbocycles. The Morgan fingerprint density at radius 3 is 2.42 bits per heavy atom. The first kappa shape index (κ1) is 22.1. The van der Waals surface area contributed by atoms with Crippen molar-refractivity contribution in [3.05, 3.63) is 71.5 Å². The molecule has 1 heterocycles. The predicted molar refractivity (Wildman–Crippen MR) is 109 cm³/mol. The number of hydrogen-bond donors (Lipinski definition) is 1. The Balaban J connectivity index is 1.45. The van der Waals surface area contributed by atoms with Crippen molar-refractivity contribution in [3.63, 3.8) is 0 Å². The Hall–Kier alpha value is -3.55. The van der Waals surface area contributed by atoms with Gasteiger partial charge in [0.05, 0.1) is 12.3 Å². The van der Waals surface area contributed by atoms with Crippen LogP contribution in [-0.4, -0.2) is 48.3 Å². The molecule has 162 valence electrons. The van der Waals surface area contributed by atoms with Gasteiger partial charge in [0.1, 0.15) is 5.82 Å². The molecule has 1 N–H and O–H groups in total. The molecule has 1 aliphatic rings. The zero-order valence-electron chi connectivity index (χ0n) is 16.9. The standard InChI is InChI=1S/C23H23FN2O5/c24-19-10-8-17(9-11-19)22(29)26-12-4-7-18(14-26)23(30)31-15-21(28)25-20(27)13-16-5-2-1-3-6-16/h1-3,5-6,8-11,18H,4,7,12-15H2,(H,25,27,28). The van der Waals surface area contributed by atoms with E-state index in [1.165, 1.54) is 29.2 Å². The highest BCUT2D eigenvalue weighted by atomic mass is 19.1. The van der Waals surface area contributed by atoms with Crippen molar-refractivity contribution in [1.29, 1.82) is 0 Å². The van der Waals surface area contributed by atoms with E-state index in [1.54, 1.807) is 24.3 Å².